The molecule has 0 saturated carbocycles. The van der Waals surface area contributed by atoms with Crippen LogP contribution in [0.15, 0.2) is 63.7 Å². The van der Waals surface area contributed by atoms with Gasteiger partial charge < -0.3 is 10.1 Å². The van der Waals surface area contributed by atoms with Gasteiger partial charge in [-0.05, 0) is 56.3 Å². The number of anilines is 2. The van der Waals surface area contributed by atoms with Gasteiger partial charge in [-0.2, -0.15) is 0 Å². The highest BCUT2D eigenvalue weighted by molar-refractivity contribution is 9.10. The monoisotopic (exact) mass is 462 g/mol. The Hall–Kier alpha value is -2.64. The van der Waals surface area contributed by atoms with Gasteiger partial charge in [0.1, 0.15) is 10.7 Å². The Morgan fingerprint density at radius 2 is 1.79 bits per heavy atom. The first-order valence-corrected chi connectivity index (χ1v) is 9.57. The van der Waals surface area contributed by atoms with Crippen LogP contribution in [-0.4, -0.2) is 23.9 Å². The van der Waals surface area contributed by atoms with Crippen molar-refractivity contribution in [3.8, 4) is 0 Å². The molecule has 0 atom stereocenters. The lowest BCUT2D eigenvalue weighted by Gasteiger charge is -2.15. The first-order chi connectivity index (χ1) is 13.3. The van der Waals surface area contributed by atoms with E-state index < -0.39 is 17.8 Å². The summed E-state index contributed by atoms with van der Waals surface area (Å²) in [5.74, 6) is -1.68. The summed E-state index contributed by atoms with van der Waals surface area (Å²) in [6.45, 7) is 3.51. The fourth-order valence-electron chi connectivity index (χ4n) is 2.59. The predicted octanol–water partition coefficient (Wildman–Crippen LogP) is 4.45. The molecule has 0 saturated heterocycles. The Morgan fingerprint density at radius 1 is 1.11 bits per heavy atom. The number of halogens is 2. The topological polar surface area (TPSA) is 75.7 Å². The Morgan fingerprint density at radius 3 is 2.43 bits per heavy atom. The van der Waals surface area contributed by atoms with Crippen LogP contribution in [0.1, 0.15) is 24.2 Å². The van der Waals surface area contributed by atoms with E-state index in [1.165, 1.54) is 6.07 Å². The first kappa shape index (κ1) is 20.1. The van der Waals surface area contributed by atoms with Gasteiger partial charge in [0.2, 0.25) is 0 Å². The zero-order valence-electron chi connectivity index (χ0n) is 15.0. The lowest BCUT2D eigenvalue weighted by molar-refractivity contribution is -0.120. The van der Waals surface area contributed by atoms with E-state index in [0.717, 1.165) is 9.37 Å². The smallest absolute Gasteiger partial charge is 0.338 e. The van der Waals surface area contributed by atoms with Crippen molar-refractivity contribution in [2.75, 3.05) is 10.2 Å². The molecule has 6 nitrogen and oxygen atoms in total. The van der Waals surface area contributed by atoms with Crippen molar-refractivity contribution < 1.29 is 19.1 Å². The molecule has 0 unspecified atom stereocenters. The number of imide groups is 1. The molecule has 3 rings (SSSR count). The molecular weight excluding hydrogens is 448 g/mol. The zero-order chi connectivity index (χ0) is 20.4. The Balaban J connectivity index is 1.84. The van der Waals surface area contributed by atoms with Crippen molar-refractivity contribution in [3.63, 3.8) is 0 Å². The molecule has 8 heteroatoms. The molecule has 0 spiro atoms. The van der Waals surface area contributed by atoms with Gasteiger partial charge in [-0.25, -0.2) is 9.69 Å². The zero-order valence-corrected chi connectivity index (χ0v) is 17.4. The van der Waals surface area contributed by atoms with Crippen molar-refractivity contribution in [3.05, 3.63) is 69.3 Å². The SMILES string of the molecule is CC(C)OC(=O)c1cccc(NC2=C(Cl)C(=O)N(c3ccc(Br)cc3)C2=O)c1. The quantitative estimate of drug-likeness (QED) is 0.524. The second kappa shape index (κ2) is 8.16. The molecule has 0 bridgehead atoms. The van der Waals surface area contributed by atoms with Gasteiger partial charge in [-0.15, -0.1) is 0 Å². The van der Waals surface area contributed by atoms with E-state index in [2.05, 4.69) is 21.2 Å². The highest BCUT2D eigenvalue weighted by Crippen LogP contribution is 2.31. The molecule has 0 aliphatic carbocycles. The average Bonchev–Trinajstić information content (AvgIpc) is 2.86. The van der Waals surface area contributed by atoms with Crippen molar-refractivity contribution in [1.29, 1.82) is 0 Å². The maximum Gasteiger partial charge on any atom is 0.338 e. The van der Waals surface area contributed by atoms with Crippen LogP contribution in [0.5, 0.6) is 0 Å². The van der Waals surface area contributed by atoms with Crippen molar-refractivity contribution in [1.82, 2.24) is 0 Å². The van der Waals surface area contributed by atoms with Crippen LogP contribution in [0.2, 0.25) is 0 Å². The molecule has 144 valence electrons. The number of esters is 1. The summed E-state index contributed by atoms with van der Waals surface area (Å²) in [6.07, 6.45) is -0.255. The van der Waals surface area contributed by atoms with Crippen LogP contribution in [0.4, 0.5) is 11.4 Å². The minimum absolute atomic E-state index is 0.0519. The third-order valence-corrected chi connectivity index (χ3v) is 4.70. The third kappa shape index (κ3) is 4.10. The standard InChI is InChI=1S/C20H16BrClN2O4/c1-11(2)28-20(27)12-4-3-5-14(10-12)23-17-16(22)18(25)24(19(17)26)15-8-6-13(21)7-9-15/h3-11,23H,1-2H3. The summed E-state index contributed by atoms with van der Waals surface area (Å²) in [7, 11) is 0. The summed E-state index contributed by atoms with van der Waals surface area (Å²) in [5, 5.41) is 2.63. The second-order valence-electron chi connectivity index (χ2n) is 6.27. The number of hydrogen-bond acceptors (Lipinski definition) is 5. The van der Waals surface area contributed by atoms with Gasteiger partial charge in [0.05, 0.1) is 17.4 Å². The number of carbonyl (C=O) groups excluding carboxylic acids is 3. The van der Waals surface area contributed by atoms with E-state index in [-0.39, 0.29) is 16.8 Å². The molecule has 0 fully saturated rings. The lowest BCUT2D eigenvalue weighted by atomic mass is 10.2. The lowest BCUT2D eigenvalue weighted by Crippen LogP contribution is -2.32. The van der Waals surface area contributed by atoms with Crippen LogP contribution in [0.3, 0.4) is 0 Å². The number of hydrogen-bond donors (Lipinski definition) is 1. The second-order valence-corrected chi connectivity index (χ2v) is 7.56. The molecule has 1 aliphatic heterocycles. The molecule has 0 radical (unpaired) electrons. The molecule has 1 aliphatic rings. The third-order valence-electron chi connectivity index (χ3n) is 3.82. The van der Waals surface area contributed by atoms with Crippen LogP contribution in [-0.2, 0) is 14.3 Å². The van der Waals surface area contributed by atoms with E-state index in [1.807, 2.05) is 0 Å². The van der Waals surface area contributed by atoms with E-state index in [1.54, 1.807) is 56.3 Å². The molecular formula is C20H16BrClN2O4. The Labute approximate surface area is 175 Å². The summed E-state index contributed by atoms with van der Waals surface area (Å²) in [6, 6.07) is 13.1. The van der Waals surface area contributed by atoms with E-state index in [9.17, 15) is 14.4 Å². The summed E-state index contributed by atoms with van der Waals surface area (Å²) < 4.78 is 5.98. The normalized spacial score (nSPS) is 14.1. The molecule has 2 amide bonds. The van der Waals surface area contributed by atoms with Gasteiger partial charge in [-0.3, -0.25) is 9.59 Å². The highest BCUT2D eigenvalue weighted by atomic mass is 79.9. The molecule has 1 heterocycles. The molecule has 2 aromatic carbocycles. The van der Waals surface area contributed by atoms with Crippen LogP contribution < -0.4 is 10.2 Å². The van der Waals surface area contributed by atoms with E-state index in [0.29, 0.717) is 16.9 Å². The fraction of sp³-hybridized carbons (Fsp3) is 0.150. The number of amides is 2. The summed E-state index contributed by atoms with van der Waals surface area (Å²) >= 11 is 9.44. The molecule has 1 N–H and O–H groups in total. The maximum absolute atomic E-state index is 12.8. The number of nitrogens with one attached hydrogen (secondary N) is 1. The van der Waals surface area contributed by atoms with Crippen LogP contribution >= 0.6 is 27.5 Å². The first-order valence-electron chi connectivity index (χ1n) is 8.40. The number of nitrogens with zero attached hydrogens (tertiary/aromatic N) is 1. The highest BCUT2D eigenvalue weighted by Gasteiger charge is 2.38. The largest absolute Gasteiger partial charge is 0.459 e. The van der Waals surface area contributed by atoms with Crippen molar-refractivity contribution in [2.45, 2.75) is 20.0 Å². The number of benzene rings is 2. The van der Waals surface area contributed by atoms with Crippen LogP contribution in [0.25, 0.3) is 0 Å². The van der Waals surface area contributed by atoms with Crippen LogP contribution in [0, 0.1) is 0 Å². The number of ether oxygens (including phenoxy) is 1. The number of rotatable bonds is 5. The Bertz CT molecular complexity index is 986. The Kier molecular flexibility index (Phi) is 5.86. The minimum Gasteiger partial charge on any atom is -0.459 e. The van der Waals surface area contributed by atoms with Gasteiger partial charge in [0, 0.05) is 10.2 Å². The predicted molar refractivity (Wildman–Crippen MR) is 110 cm³/mol. The van der Waals surface area contributed by atoms with Gasteiger partial charge in [0.15, 0.2) is 0 Å². The van der Waals surface area contributed by atoms with Gasteiger partial charge in [0.25, 0.3) is 11.8 Å². The maximum atomic E-state index is 12.8. The molecule has 2 aromatic rings. The molecule has 28 heavy (non-hydrogen) atoms. The van der Waals surface area contributed by atoms with Crippen molar-refractivity contribution in [2.24, 2.45) is 0 Å². The summed E-state index contributed by atoms with van der Waals surface area (Å²) in [4.78, 5) is 38.3. The summed E-state index contributed by atoms with van der Waals surface area (Å²) in [5.41, 5.74) is 1.11. The van der Waals surface area contributed by atoms with Gasteiger partial charge in [-0.1, -0.05) is 33.6 Å². The fourth-order valence-corrected chi connectivity index (χ4v) is 3.06. The minimum atomic E-state index is -0.619. The van der Waals surface area contributed by atoms with Gasteiger partial charge >= 0.3 is 5.97 Å². The van der Waals surface area contributed by atoms with Crippen molar-refractivity contribution >= 4 is 56.7 Å². The average molecular weight is 464 g/mol. The molecule has 0 aromatic heterocycles. The van der Waals surface area contributed by atoms with E-state index in [4.69, 9.17) is 16.3 Å². The number of carbonyl (C=O) groups is 3. The van der Waals surface area contributed by atoms with E-state index >= 15 is 0 Å².